The molecule has 9 rings (SSSR count). The van der Waals surface area contributed by atoms with Gasteiger partial charge in [-0.25, -0.2) is 9.98 Å². The maximum atomic E-state index is 5.50. The fraction of sp³-hybridized carbons (Fsp3) is 0.100. The maximum absolute atomic E-state index is 5.50. The standard InChI is InChI=1S/C40H29N3/c1-2-11-26(12-3-1)29-15-10-16-30(25-29)39-33-19-8-9-20-34(33)41-40(42-39)43-35-23-21-27-13-4-6-17-31(27)37(35)38-32-18-7-5-14-28(32)22-24-36(38)43/h1-2,4-11,13-25,33,39H,3,12H2. The third-order valence-corrected chi connectivity index (χ3v) is 9.22. The quantitative estimate of drug-likeness (QED) is 0.205. The summed E-state index contributed by atoms with van der Waals surface area (Å²) in [5.74, 6) is 0.839. The van der Waals surface area contributed by atoms with Crippen LogP contribution in [-0.4, -0.2) is 16.2 Å². The third-order valence-electron chi connectivity index (χ3n) is 9.22. The first-order chi connectivity index (χ1) is 21.3. The zero-order chi connectivity index (χ0) is 28.3. The van der Waals surface area contributed by atoms with Crippen LogP contribution in [-0.2, 0) is 0 Å². The summed E-state index contributed by atoms with van der Waals surface area (Å²) in [5.41, 5.74) is 7.22. The third kappa shape index (κ3) is 3.81. The molecule has 3 heteroatoms. The predicted octanol–water partition coefficient (Wildman–Crippen LogP) is 9.98. The normalized spacial score (nSPS) is 19.6. The lowest BCUT2D eigenvalue weighted by molar-refractivity contribution is 0.636. The van der Waals surface area contributed by atoms with E-state index in [4.69, 9.17) is 9.98 Å². The lowest BCUT2D eigenvalue weighted by Gasteiger charge is -2.29. The van der Waals surface area contributed by atoms with Crippen LogP contribution in [0.2, 0.25) is 0 Å². The van der Waals surface area contributed by atoms with Gasteiger partial charge < -0.3 is 0 Å². The molecule has 0 fully saturated rings. The molecule has 2 atom stereocenters. The molecule has 1 aliphatic heterocycles. The van der Waals surface area contributed by atoms with E-state index in [1.165, 1.54) is 49.0 Å². The summed E-state index contributed by atoms with van der Waals surface area (Å²) in [6, 6.07) is 35.3. The van der Waals surface area contributed by atoms with E-state index < -0.39 is 0 Å². The van der Waals surface area contributed by atoms with Crippen molar-refractivity contribution in [2.75, 3.05) is 0 Å². The highest BCUT2D eigenvalue weighted by Crippen LogP contribution is 2.41. The predicted molar refractivity (Wildman–Crippen MR) is 182 cm³/mol. The van der Waals surface area contributed by atoms with E-state index in [0.29, 0.717) is 0 Å². The lowest BCUT2D eigenvalue weighted by Crippen LogP contribution is -2.28. The van der Waals surface area contributed by atoms with E-state index in [1.54, 1.807) is 0 Å². The molecule has 0 spiro atoms. The molecule has 2 heterocycles. The van der Waals surface area contributed by atoms with Crippen LogP contribution in [0, 0.1) is 5.92 Å². The van der Waals surface area contributed by atoms with Crippen molar-refractivity contribution in [3.05, 3.63) is 151 Å². The first-order valence-corrected chi connectivity index (χ1v) is 15.1. The summed E-state index contributed by atoms with van der Waals surface area (Å²) >= 11 is 0. The summed E-state index contributed by atoms with van der Waals surface area (Å²) in [6.07, 6.45) is 17.5. The van der Waals surface area contributed by atoms with E-state index in [1.807, 2.05) is 0 Å². The molecule has 2 unspecified atom stereocenters. The number of hydrogen-bond donors (Lipinski definition) is 0. The van der Waals surface area contributed by atoms with Gasteiger partial charge in [0.15, 0.2) is 0 Å². The van der Waals surface area contributed by atoms with Crippen LogP contribution in [0.1, 0.15) is 30.0 Å². The maximum Gasteiger partial charge on any atom is 0.230 e. The molecule has 3 nitrogen and oxygen atoms in total. The smallest absolute Gasteiger partial charge is 0.230 e. The molecule has 0 bridgehead atoms. The van der Waals surface area contributed by atoms with Gasteiger partial charge in [0.1, 0.15) is 0 Å². The fourth-order valence-electron chi connectivity index (χ4n) is 7.19. The van der Waals surface area contributed by atoms with E-state index in [9.17, 15) is 0 Å². The van der Waals surface area contributed by atoms with Crippen LogP contribution < -0.4 is 0 Å². The van der Waals surface area contributed by atoms with Gasteiger partial charge in [0, 0.05) is 16.7 Å². The van der Waals surface area contributed by atoms with Crippen molar-refractivity contribution in [3.63, 3.8) is 0 Å². The summed E-state index contributed by atoms with van der Waals surface area (Å²) in [6.45, 7) is 0. The molecule has 0 saturated carbocycles. The average Bonchev–Trinajstić information content (AvgIpc) is 3.44. The van der Waals surface area contributed by atoms with E-state index >= 15 is 0 Å². The fourth-order valence-corrected chi connectivity index (χ4v) is 7.19. The van der Waals surface area contributed by atoms with Crippen LogP contribution in [0.15, 0.2) is 150 Å². The Bertz CT molecular complexity index is 2210. The summed E-state index contributed by atoms with van der Waals surface area (Å²) in [4.78, 5) is 10.8. The number of aliphatic imine (C=N–C) groups is 2. The number of nitrogens with zero attached hydrogens (tertiary/aromatic N) is 3. The van der Waals surface area contributed by atoms with Crippen molar-refractivity contribution in [3.8, 4) is 0 Å². The minimum Gasteiger partial charge on any atom is -0.278 e. The van der Waals surface area contributed by atoms with Crippen LogP contribution in [0.3, 0.4) is 0 Å². The van der Waals surface area contributed by atoms with Gasteiger partial charge in [-0.15, -0.1) is 0 Å². The Morgan fingerprint density at radius 1 is 0.698 bits per heavy atom. The highest BCUT2D eigenvalue weighted by atomic mass is 15.2. The monoisotopic (exact) mass is 551 g/mol. The molecule has 0 N–H and O–H groups in total. The van der Waals surface area contributed by atoms with E-state index in [0.717, 1.165) is 35.5 Å². The number of aromatic nitrogens is 1. The summed E-state index contributed by atoms with van der Waals surface area (Å²) in [7, 11) is 0. The molecule has 0 radical (unpaired) electrons. The van der Waals surface area contributed by atoms with Gasteiger partial charge in [0.05, 0.1) is 22.8 Å². The van der Waals surface area contributed by atoms with Crippen LogP contribution >= 0.6 is 0 Å². The van der Waals surface area contributed by atoms with Crippen molar-refractivity contribution in [2.24, 2.45) is 15.9 Å². The highest BCUT2D eigenvalue weighted by molar-refractivity contribution is 6.30. The number of allylic oxidation sites excluding steroid dienone is 7. The molecule has 3 aliphatic rings. The van der Waals surface area contributed by atoms with Gasteiger partial charge in [-0.05, 0) is 75.4 Å². The van der Waals surface area contributed by atoms with Crippen LogP contribution in [0.5, 0.6) is 0 Å². The molecule has 0 saturated heterocycles. The van der Waals surface area contributed by atoms with Crippen molar-refractivity contribution < 1.29 is 0 Å². The first kappa shape index (κ1) is 24.3. The van der Waals surface area contributed by atoms with Crippen LogP contribution in [0.4, 0.5) is 0 Å². The van der Waals surface area contributed by atoms with Crippen molar-refractivity contribution in [2.45, 2.75) is 18.9 Å². The molecule has 2 aliphatic carbocycles. The average molecular weight is 552 g/mol. The Labute approximate surface area is 250 Å². The molecule has 5 aromatic carbocycles. The molecular weight excluding hydrogens is 522 g/mol. The number of hydrogen-bond acceptors (Lipinski definition) is 2. The first-order valence-electron chi connectivity index (χ1n) is 15.1. The molecule has 1 aromatic heterocycles. The second-order valence-corrected chi connectivity index (χ2v) is 11.7. The second-order valence-electron chi connectivity index (χ2n) is 11.7. The Morgan fingerprint density at radius 2 is 1.44 bits per heavy atom. The van der Waals surface area contributed by atoms with Gasteiger partial charge in [0.25, 0.3) is 0 Å². The topological polar surface area (TPSA) is 29.6 Å². The number of fused-ring (bicyclic) bond motifs is 8. The molecule has 0 amide bonds. The SMILES string of the molecule is C1=CCCC(c2cccc(C3N=C(n4c5ccc6ccccc6c5c5c6ccccc6ccc54)N=C4C=CC=CC43)c2)=C1. The minimum absolute atomic E-state index is 0.0724. The highest BCUT2D eigenvalue weighted by Gasteiger charge is 2.31. The summed E-state index contributed by atoms with van der Waals surface area (Å²) in [5, 5.41) is 7.49. The largest absolute Gasteiger partial charge is 0.278 e. The van der Waals surface area contributed by atoms with Gasteiger partial charge in [0.2, 0.25) is 5.96 Å². The number of benzene rings is 5. The molecule has 204 valence electrons. The van der Waals surface area contributed by atoms with Gasteiger partial charge >= 0.3 is 0 Å². The van der Waals surface area contributed by atoms with E-state index in [2.05, 4.69) is 144 Å². The Morgan fingerprint density at radius 3 is 2.16 bits per heavy atom. The minimum atomic E-state index is -0.0724. The molecule has 43 heavy (non-hydrogen) atoms. The van der Waals surface area contributed by atoms with E-state index in [-0.39, 0.29) is 12.0 Å². The van der Waals surface area contributed by atoms with Crippen molar-refractivity contribution in [1.29, 1.82) is 0 Å². The Kier molecular flexibility index (Phi) is 5.45. The Balaban J connectivity index is 1.32. The number of rotatable bonds is 2. The van der Waals surface area contributed by atoms with Gasteiger partial charge in [-0.3, -0.25) is 4.57 Å². The lowest BCUT2D eigenvalue weighted by atomic mass is 9.84. The van der Waals surface area contributed by atoms with Gasteiger partial charge in [-0.1, -0.05) is 115 Å². The van der Waals surface area contributed by atoms with Crippen LogP contribution in [0.25, 0.3) is 48.9 Å². The zero-order valence-corrected chi connectivity index (χ0v) is 23.7. The van der Waals surface area contributed by atoms with Crippen molar-refractivity contribution >= 4 is 60.6 Å². The summed E-state index contributed by atoms with van der Waals surface area (Å²) < 4.78 is 2.30. The van der Waals surface area contributed by atoms with Gasteiger partial charge in [-0.2, -0.15) is 0 Å². The molecule has 6 aromatic rings. The van der Waals surface area contributed by atoms with Crippen molar-refractivity contribution in [1.82, 2.24) is 4.57 Å². The molecular formula is C40H29N3. The second kappa shape index (κ2) is 9.64. The Hall–Kier alpha value is -5.28. The zero-order valence-electron chi connectivity index (χ0n) is 23.7.